The van der Waals surface area contributed by atoms with Crippen molar-refractivity contribution in [2.24, 2.45) is 4.99 Å². The number of benzene rings is 2. The van der Waals surface area contributed by atoms with Gasteiger partial charge in [0, 0.05) is 50.2 Å². The molecule has 0 unspecified atom stereocenters. The predicted molar refractivity (Wildman–Crippen MR) is 130 cm³/mol. The fourth-order valence-electron chi connectivity index (χ4n) is 3.20. The third kappa shape index (κ3) is 6.09. The molecule has 1 aliphatic rings. The largest absolute Gasteiger partial charge is 0.356 e. The van der Waals surface area contributed by atoms with E-state index in [-0.39, 0.29) is 35.3 Å². The first-order valence-electron chi connectivity index (χ1n) is 9.45. The van der Waals surface area contributed by atoms with Gasteiger partial charge in [0.25, 0.3) is 5.91 Å². The van der Waals surface area contributed by atoms with Gasteiger partial charge in [-0.2, -0.15) is 0 Å². The van der Waals surface area contributed by atoms with Gasteiger partial charge in [0.05, 0.1) is 0 Å². The van der Waals surface area contributed by atoms with Gasteiger partial charge in [0.15, 0.2) is 5.96 Å². The molecule has 0 bridgehead atoms. The Kier molecular flexibility index (Phi) is 8.34. The van der Waals surface area contributed by atoms with E-state index < -0.39 is 0 Å². The van der Waals surface area contributed by atoms with Crippen LogP contribution >= 0.6 is 35.6 Å². The van der Waals surface area contributed by atoms with E-state index in [2.05, 4.69) is 27.8 Å². The van der Waals surface area contributed by atoms with Crippen LogP contribution in [0.4, 0.5) is 0 Å². The molecule has 0 aromatic heterocycles. The first kappa shape index (κ1) is 23.5. The number of carbonyl (C=O) groups excluding carboxylic acids is 1. The van der Waals surface area contributed by atoms with Gasteiger partial charge < -0.3 is 15.5 Å². The standard InChI is InChI=1S/C22H27ClN4O.HI/c1-24-21(25-14-16-4-6-17(7-5-16)20(28)27(2)3)26-15-22(12-13-22)18-8-10-19(23)11-9-18;/h4-11H,12-15H2,1-3H3,(H2,24,25,26);1H. The van der Waals surface area contributed by atoms with Crippen molar-refractivity contribution in [1.29, 1.82) is 0 Å². The van der Waals surface area contributed by atoms with Crippen LogP contribution in [0.2, 0.25) is 5.02 Å². The zero-order valence-corrected chi connectivity index (χ0v) is 20.1. The predicted octanol–water partition coefficient (Wildman–Crippen LogP) is 4.06. The van der Waals surface area contributed by atoms with E-state index in [1.807, 2.05) is 36.4 Å². The Bertz CT molecular complexity index is 846. The molecule has 2 N–H and O–H groups in total. The highest BCUT2D eigenvalue weighted by Gasteiger charge is 2.44. The summed E-state index contributed by atoms with van der Waals surface area (Å²) in [5, 5.41) is 7.55. The molecular formula is C22H28ClIN4O. The van der Waals surface area contributed by atoms with E-state index in [0.29, 0.717) is 12.1 Å². The Morgan fingerprint density at radius 2 is 1.69 bits per heavy atom. The van der Waals surface area contributed by atoms with Crippen LogP contribution in [0, 0.1) is 0 Å². The number of rotatable bonds is 6. The van der Waals surface area contributed by atoms with Crippen molar-refractivity contribution in [1.82, 2.24) is 15.5 Å². The van der Waals surface area contributed by atoms with Crippen LogP contribution in [-0.2, 0) is 12.0 Å². The van der Waals surface area contributed by atoms with Crippen molar-refractivity contribution in [3.05, 3.63) is 70.2 Å². The topological polar surface area (TPSA) is 56.7 Å². The maximum Gasteiger partial charge on any atom is 0.253 e. The highest BCUT2D eigenvalue weighted by Crippen LogP contribution is 2.47. The fraction of sp³-hybridized carbons (Fsp3) is 0.364. The maximum absolute atomic E-state index is 12.0. The fourth-order valence-corrected chi connectivity index (χ4v) is 3.33. The second-order valence-electron chi connectivity index (χ2n) is 7.46. The highest BCUT2D eigenvalue weighted by molar-refractivity contribution is 14.0. The molecule has 0 aliphatic heterocycles. The molecule has 2 aromatic rings. The minimum Gasteiger partial charge on any atom is -0.356 e. The third-order valence-corrected chi connectivity index (χ3v) is 5.45. The highest BCUT2D eigenvalue weighted by atomic mass is 127. The van der Waals surface area contributed by atoms with E-state index >= 15 is 0 Å². The van der Waals surface area contributed by atoms with Gasteiger partial charge in [-0.3, -0.25) is 9.79 Å². The van der Waals surface area contributed by atoms with Crippen LogP contribution in [0.1, 0.15) is 34.3 Å². The smallest absolute Gasteiger partial charge is 0.253 e. The summed E-state index contributed by atoms with van der Waals surface area (Å²) >= 11 is 6.01. The molecule has 3 rings (SSSR count). The summed E-state index contributed by atoms with van der Waals surface area (Å²) in [5.74, 6) is 0.780. The second-order valence-corrected chi connectivity index (χ2v) is 7.90. The van der Waals surface area contributed by atoms with Crippen LogP contribution in [-0.4, -0.2) is 44.5 Å². The van der Waals surface area contributed by atoms with Gasteiger partial charge in [-0.15, -0.1) is 24.0 Å². The SMILES string of the molecule is CN=C(NCc1ccc(C(=O)N(C)C)cc1)NCC1(c2ccc(Cl)cc2)CC1.I. The molecule has 7 heteroatoms. The summed E-state index contributed by atoms with van der Waals surface area (Å²) in [4.78, 5) is 17.9. The number of nitrogens with zero attached hydrogens (tertiary/aromatic N) is 2. The lowest BCUT2D eigenvalue weighted by Crippen LogP contribution is -2.40. The number of hydrogen-bond acceptors (Lipinski definition) is 2. The maximum atomic E-state index is 12.0. The molecule has 29 heavy (non-hydrogen) atoms. The van der Waals surface area contributed by atoms with Crippen molar-refractivity contribution in [2.45, 2.75) is 24.8 Å². The number of amides is 1. The van der Waals surface area contributed by atoms with Crippen molar-refractivity contribution in [3.63, 3.8) is 0 Å². The Balaban J connectivity index is 0.00000300. The molecule has 0 atom stereocenters. The van der Waals surface area contributed by atoms with E-state index in [1.165, 1.54) is 18.4 Å². The lowest BCUT2D eigenvalue weighted by Gasteiger charge is -2.19. The second kappa shape index (κ2) is 10.3. The number of guanidine groups is 1. The number of nitrogens with one attached hydrogen (secondary N) is 2. The molecule has 1 fully saturated rings. The van der Waals surface area contributed by atoms with Gasteiger partial charge in [0.2, 0.25) is 0 Å². The quantitative estimate of drug-likeness (QED) is 0.339. The average molecular weight is 527 g/mol. The molecule has 0 heterocycles. The van der Waals surface area contributed by atoms with Gasteiger partial charge in [-0.25, -0.2) is 0 Å². The summed E-state index contributed by atoms with van der Waals surface area (Å²) in [6, 6.07) is 15.8. The Morgan fingerprint density at radius 3 is 2.21 bits per heavy atom. The Hall–Kier alpha value is -1.80. The van der Waals surface area contributed by atoms with Crippen molar-refractivity contribution in [2.75, 3.05) is 27.7 Å². The number of aliphatic imine (C=N–C) groups is 1. The minimum absolute atomic E-state index is 0. The van der Waals surface area contributed by atoms with Crippen molar-refractivity contribution < 1.29 is 4.79 Å². The van der Waals surface area contributed by atoms with E-state index in [1.54, 1.807) is 26.0 Å². The van der Waals surface area contributed by atoms with Crippen molar-refractivity contribution >= 4 is 47.4 Å². The van der Waals surface area contributed by atoms with Gasteiger partial charge in [-0.05, 0) is 48.2 Å². The van der Waals surface area contributed by atoms with Crippen LogP contribution in [0.3, 0.4) is 0 Å². The molecular weight excluding hydrogens is 499 g/mol. The number of hydrogen-bond donors (Lipinski definition) is 2. The first-order valence-corrected chi connectivity index (χ1v) is 9.82. The summed E-state index contributed by atoms with van der Waals surface area (Å²) < 4.78 is 0. The van der Waals surface area contributed by atoms with Crippen molar-refractivity contribution in [3.8, 4) is 0 Å². The summed E-state index contributed by atoms with van der Waals surface area (Å²) in [5.41, 5.74) is 3.28. The zero-order chi connectivity index (χ0) is 20.1. The molecule has 0 radical (unpaired) electrons. The van der Waals surface area contributed by atoms with Crippen LogP contribution in [0.5, 0.6) is 0 Å². The van der Waals surface area contributed by atoms with Crippen LogP contribution < -0.4 is 10.6 Å². The summed E-state index contributed by atoms with van der Waals surface area (Å²) in [7, 11) is 5.28. The molecule has 0 spiro atoms. The molecule has 1 aliphatic carbocycles. The van der Waals surface area contributed by atoms with E-state index in [9.17, 15) is 4.79 Å². The Labute approximate surface area is 194 Å². The molecule has 1 saturated carbocycles. The zero-order valence-electron chi connectivity index (χ0n) is 17.0. The van der Waals surface area contributed by atoms with E-state index in [0.717, 1.165) is 23.1 Å². The normalized spacial score (nSPS) is 14.6. The van der Waals surface area contributed by atoms with Crippen LogP contribution in [0.25, 0.3) is 0 Å². The first-order chi connectivity index (χ1) is 13.4. The lowest BCUT2D eigenvalue weighted by molar-refractivity contribution is 0.0827. The molecule has 5 nitrogen and oxygen atoms in total. The number of carbonyl (C=O) groups is 1. The third-order valence-electron chi connectivity index (χ3n) is 5.20. The van der Waals surface area contributed by atoms with Gasteiger partial charge in [0.1, 0.15) is 0 Å². The molecule has 0 saturated heterocycles. The Morgan fingerprint density at radius 1 is 1.07 bits per heavy atom. The molecule has 156 valence electrons. The van der Waals surface area contributed by atoms with Gasteiger partial charge in [-0.1, -0.05) is 35.9 Å². The lowest BCUT2D eigenvalue weighted by atomic mass is 9.96. The summed E-state index contributed by atoms with van der Waals surface area (Å²) in [6.45, 7) is 1.48. The van der Waals surface area contributed by atoms with E-state index in [4.69, 9.17) is 11.6 Å². The molecule has 1 amide bonds. The minimum atomic E-state index is 0. The summed E-state index contributed by atoms with van der Waals surface area (Å²) in [6.07, 6.45) is 2.33. The molecule has 2 aromatic carbocycles. The van der Waals surface area contributed by atoms with Crippen LogP contribution in [0.15, 0.2) is 53.5 Å². The monoisotopic (exact) mass is 526 g/mol. The number of halogens is 2. The average Bonchev–Trinajstić information content (AvgIpc) is 3.49. The van der Waals surface area contributed by atoms with Gasteiger partial charge >= 0.3 is 0 Å².